The molecule has 1 fully saturated rings. The maximum Gasteiger partial charge on any atom is 0.0375 e. The van der Waals surface area contributed by atoms with Crippen LogP contribution in [0.5, 0.6) is 0 Å². The molecule has 2 rings (SSSR count). The summed E-state index contributed by atoms with van der Waals surface area (Å²) in [6.45, 7) is 5.57. The van der Waals surface area contributed by atoms with Gasteiger partial charge in [0.1, 0.15) is 0 Å². The van der Waals surface area contributed by atoms with Crippen molar-refractivity contribution in [3.05, 3.63) is 21.9 Å². The monoisotopic (exact) mass is 267 g/mol. The average molecular weight is 267 g/mol. The second kappa shape index (κ2) is 6.15. The summed E-state index contributed by atoms with van der Waals surface area (Å²) in [5.41, 5.74) is 6.42. The van der Waals surface area contributed by atoms with Gasteiger partial charge in [-0.25, -0.2) is 0 Å². The Hall–Kier alpha value is -0.420. The molecule has 1 aromatic rings. The summed E-state index contributed by atoms with van der Waals surface area (Å²) < 4.78 is 0. The second-order valence-electron chi connectivity index (χ2n) is 5.40. The van der Waals surface area contributed by atoms with Gasteiger partial charge in [-0.1, -0.05) is 6.92 Å². The van der Waals surface area contributed by atoms with Crippen LogP contribution in [0.4, 0.5) is 0 Å². The van der Waals surface area contributed by atoms with Crippen LogP contribution in [0.2, 0.25) is 0 Å². The van der Waals surface area contributed by atoms with Crippen molar-refractivity contribution < 1.29 is 0 Å². The highest BCUT2D eigenvalue weighted by molar-refractivity contribution is 7.11. The first-order chi connectivity index (χ1) is 8.60. The molecule has 0 aromatic carbocycles. The van der Waals surface area contributed by atoms with Crippen LogP contribution in [0.3, 0.4) is 0 Å². The summed E-state index contributed by atoms with van der Waals surface area (Å²) in [6.07, 6.45) is 2.14. The standard InChI is InChI=1S/C14H25N3S/c1-4-11-5-6-12(18-11)9-13(15)14-10-16(2)7-8-17(14)3/h5-6,13-14H,4,7-10,15H2,1-3H3. The molecular weight excluding hydrogens is 242 g/mol. The van der Waals surface area contributed by atoms with Gasteiger partial charge in [0.25, 0.3) is 0 Å². The second-order valence-corrected chi connectivity index (χ2v) is 6.65. The van der Waals surface area contributed by atoms with E-state index in [1.807, 2.05) is 11.3 Å². The lowest BCUT2D eigenvalue weighted by Crippen LogP contribution is -2.58. The molecule has 4 heteroatoms. The van der Waals surface area contributed by atoms with E-state index in [-0.39, 0.29) is 6.04 Å². The smallest absolute Gasteiger partial charge is 0.0375 e. The van der Waals surface area contributed by atoms with Gasteiger partial charge in [0.05, 0.1) is 0 Å². The molecule has 0 radical (unpaired) electrons. The third-order valence-electron chi connectivity index (χ3n) is 3.90. The molecule has 0 amide bonds. The van der Waals surface area contributed by atoms with Crippen molar-refractivity contribution in [3.8, 4) is 0 Å². The van der Waals surface area contributed by atoms with Crippen molar-refractivity contribution in [1.82, 2.24) is 9.80 Å². The minimum atomic E-state index is 0.237. The normalized spacial score (nSPS) is 24.3. The zero-order valence-corrected chi connectivity index (χ0v) is 12.5. The van der Waals surface area contributed by atoms with E-state index in [1.165, 1.54) is 9.75 Å². The molecule has 0 bridgehead atoms. The minimum absolute atomic E-state index is 0.237. The van der Waals surface area contributed by atoms with Crippen molar-refractivity contribution in [2.24, 2.45) is 5.73 Å². The van der Waals surface area contributed by atoms with Crippen LogP contribution in [0.1, 0.15) is 16.7 Å². The van der Waals surface area contributed by atoms with Crippen LogP contribution in [-0.4, -0.2) is 55.6 Å². The van der Waals surface area contributed by atoms with E-state index in [2.05, 4.69) is 43.0 Å². The topological polar surface area (TPSA) is 32.5 Å². The predicted octanol–water partition coefficient (Wildman–Crippen LogP) is 1.43. The highest BCUT2D eigenvalue weighted by atomic mass is 32.1. The van der Waals surface area contributed by atoms with E-state index in [1.54, 1.807) is 0 Å². The molecule has 0 saturated carbocycles. The minimum Gasteiger partial charge on any atom is -0.326 e. The lowest BCUT2D eigenvalue weighted by Gasteiger charge is -2.40. The van der Waals surface area contributed by atoms with Crippen LogP contribution in [0.15, 0.2) is 12.1 Å². The van der Waals surface area contributed by atoms with Crippen molar-refractivity contribution in [1.29, 1.82) is 0 Å². The maximum absolute atomic E-state index is 6.42. The Morgan fingerprint density at radius 3 is 2.72 bits per heavy atom. The summed E-state index contributed by atoms with van der Waals surface area (Å²) in [7, 11) is 4.39. The van der Waals surface area contributed by atoms with Crippen molar-refractivity contribution >= 4 is 11.3 Å². The number of hydrogen-bond acceptors (Lipinski definition) is 4. The highest BCUT2D eigenvalue weighted by Crippen LogP contribution is 2.20. The Morgan fingerprint density at radius 1 is 1.33 bits per heavy atom. The molecule has 18 heavy (non-hydrogen) atoms. The molecule has 1 aliphatic heterocycles. The molecule has 0 spiro atoms. The van der Waals surface area contributed by atoms with Gasteiger partial charge in [0.2, 0.25) is 0 Å². The molecule has 2 N–H and O–H groups in total. The molecule has 2 unspecified atom stereocenters. The van der Waals surface area contributed by atoms with Gasteiger partial charge < -0.3 is 10.6 Å². The first-order valence-corrected chi connectivity index (χ1v) is 7.63. The first kappa shape index (κ1) is 14.0. The van der Waals surface area contributed by atoms with E-state index in [9.17, 15) is 0 Å². The van der Waals surface area contributed by atoms with Crippen LogP contribution in [0.25, 0.3) is 0 Å². The Morgan fingerprint density at radius 2 is 2.06 bits per heavy atom. The SMILES string of the molecule is CCc1ccc(CC(N)C2CN(C)CCN2C)s1. The number of nitrogens with two attached hydrogens (primary N) is 1. The molecule has 1 aliphatic rings. The van der Waals surface area contributed by atoms with Gasteiger partial charge in [0, 0.05) is 41.5 Å². The first-order valence-electron chi connectivity index (χ1n) is 6.82. The van der Waals surface area contributed by atoms with E-state index >= 15 is 0 Å². The van der Waals surface area contributed by atoms with Gasteiger partial charge in [-0.05, 0) is 39.1 Å². The van der Waals surface area contributed by atoms with Crippen molar-refractivity contribution in [3.63, 3.8) is 0 Å². The maximum atomic E-state index is 6.42. The third kappa shape index (κ3) is 3.32. The van der Waals surface area contributed by atoms with Gasteiger partial charge in [-0.2, -0.15) is 0 Å². The zero-order valence-electron chi connectivity index (χ0n) is 11.7. The number of piperazine rings is 1. The van der Waals surface area contributed by atoms with Gasteiger partial charge in [-0.15, -0.1) is 11.3 Å². The van der Waals surface area contributed by atoms with Gasteiger partial charge in [0.15, 0.2) is 0 Å². The fourth-order valence-electron chi connectivity index (χ4n) is 2.60. The number of rotatable bonds is 4. The molecule has 102 valence electrons. The van der Waals surface area contributed by atoms with E-state index < -0.39 is 0 Å². The Labute approximate surface area is 115 Å². The quantitative estimate of drug-likeness (QED) is 0.896. The summed E-state index contributed by atoms with van der Waals surface area (Å²) >= 11 is 1.92. The molecule has 2 atom stereocenters. The van der Waals surface area contributed by atoms with Gasteiger partial charge in [-0.3, -0.25) is 4.90 Å². The highest BCUT2D eigenvalue weighted by Gasteiger charge is 2.27. The number of aryl methyl sites for hydroxylation is 1. The fraction of sp³-hybridized carbons (Fsp3) is 0.714. The van der Waals surface area contributed by atoms with Crippen LogP contribution in [0, 0.1) is 0 Å². The molecule has 0 aliphatic carbocycles. The zero-order chi connectivity index (χ0) is 13.1. The molecule has 2 heterocycles. The number of nitrogens with zero attached hydrogens (tertiary/aromatic N) is 2. The van der Waals surface area contributed by atoms with E-state index in [0.29, 0.717) is 6.04 Å². The largest absolute Gasteiger partial charge is 0.326 e. The number of likely N-dealkylation sites (N-methyl/N-ethyl adjacent to an activating group) is 2. The van der Waals surface area contributed by atoms with Crippen LogP contribution < -0.4 is 5.73 Å². The molecule has 1 saturated heterocycles. The summed E-state index contributed by atoms with van der Waals surface area (Å²) in [5.74, 6) is 0. The fourth-order valence-corrected chi connectivity index (χ4v) is 3.63. The Kier molecular flexibility index (Phi) is 4.78. The lowest BCUT2D eigenvalue weighted by atomic mass is 10.0. The number of hydrogen-bond donors (Lipinski definition) is 1. The molecule has 1 aromatic heterocycles. The Bertz CT molecular complexity index is 377. The van der Waals surface area contributed by atoms with Crippen molar-refractivity contribution in [2.45, 2.75) is 31.8 Å². The Balaban J connectivity index is 1.95. The van der Waals surface area contributed by atoms with Crippen LogP contribution in [-0.2, 0) is 12.8 Å². The summed E-state index contributed by atoms with van der Waals surface area (Å²) in [6, 6.07) is 5.20. The predicted molar refractivity (Wildman–Crippen MR) is 79.3 cm³/mol. The number of thiophene rings is 1. The van der Waals surface area contributed by atoms with E-state index in [4.69, 9.17) is 5.73 Å². The third-order valence-corrected chi connectivity index (χ3v) is 5.15. The van der Waals surface area contributed by atoms with Crippen LogP contribution >= 0.6 is 11.3 Å². The molecule has 3 nitrogen and oxygen atoms in total. The summed E-state index contributed by atoms with van der Waals surface area (Å²) in [4.78, 5) is 7.70. The molecular formula is C14H25N3S. The average Bonchev–Trinajstić information content (AvgIpc) is 2.80. The summed E-state index contributed by atoms with van der Waals surface area (Å²) in [5, 5.41) is 0. The lowest BCUT2D eigenvalue weighted by molar-refractivity contribution is 0.0975. The van der Waals surface area contributed by atoms with Crippen molar-refractivity contribution in [2.75, 3.05) is 33.7 Å². The van der Waals surface area contributed by atoms with E-state index in [0.717, 1.165) is 32.5 Å². The van der Waals surface area contributed by atoms with Gasteiger partial charge >= 0.3 is 0 Å².